The van der Waals surface area contributed by atoms with Crippen molar-refractivity contribution < 1.29 is 14.4 Å². The zero-order chi connectivity index (χ0) is 8.10. The van der Waals surface area contributed by atoms with E-state index in [2.05, 4.69) is 5.48 Å². The molecule has 0 aliphatic carbocycles. The Morgan fingerprint density at radius 1 is 1.55 bits per heavy atom. The highest BCUT2D eigenvalue weighted by atomic mass is 16.7. The summed E-state index contributed by atoms with van der Waals surface area (Å²) in [6.45, 7) is 1.37. The summed E-state index contributed by atoms with van der Waals surface area (Å²) >= 11 is 0. The van der Waals surface area contributed by atoms with Crippen LogP contribution in [0.4, 0.5) is 4.79 Å². The van der Waals surface area contributed by atoms with Crippen LogP contribution < -0.4 is 11.2 Å². The summed E-state index contributed by atoms with van der Waals surface area (Å²) in [7, 11) is 0. The van der Waals surface area contributed by atoms with Crippen molar-refractivity contribution in [1.82, 2.24) is 5.48 Å². The average Bonchev–Trinajstić information content (AvgIpc) is 2.03. The molecule has 0 atom stereocenters. The molecule has 1 fully saturated rings. The second kappa shape index (κ2) is 4.15. The normalized spacial score (nSPS) is 19.6. The Kier molecular flexibility index (Phi) is 3.13. The van der Waals surface area contributed by atoms with E-state index in [1.807, 2.05) is 0 Å². The van der Waals surface area contributed by atoms with Gasteiger partial charge in [-0.25, -0.2) is 10.3 Å². The van der Waals surface area contributed by atoms with Gasteiger partial charge in [-0.3, -0.25) is 4.84 Å². The second-order valence-electron chi connectivity index (χ2n) is 2.40. The van der Waals surface area contributed by atoms with Crippen LogP contribution in [0.3, 0.4) is 0 Å². The van der Waals surface area contributed by atoms with Gasteiger partial charge in [0.05, 0.1) is 6.10 Å². The van der Waals surface area contributed by atoms with Crippen LogP contribution in [-0.2, 0) is 9.57 Å². The number of amides is 2. The first kappa shape index (κ1) is 8.29. The summed E-state index contributed by atoms with van der Waals surface area (Å²) in [5.74, 6) is 0. The van der Waals surface area contributed by atoms with E-state index in [9.17, 15) is 4.79 Å². The maximum atomic E-state index is 10.2. The molecule has 0 bridgehead atoms. The number of carbonyl (C=O) groups is 1. The molecule has 1 heterocycles. The molecule has 64 valence electrons. The molecule has 0 unspecified atom stereocenters. The third-order valence-corrected chi connectivity index (χ3v) is 1.49. The molecule has 1 aliphatic heterocycles. The molecule has 11 heavy (non-hydrogen) atoms. The Labute approximate surface area is 64.8 Å². The van der Waals surface area contributed by atoms with Crippen LogP contribution >= 0.6 is 0 Å². The first-order valence-corrected chi connectivity index (χ1v) is 3.58. The summed E-state index contributed by atoms with van der Waals surface area (Å²) in [4.78, 5) is 15.1. The van der Waals surface area contributed by atoms with Gasteiger partial charge in [-0.2, -0.15) is 0 Å². The quantitative estimate of drug-likeness (QED) is 0.548. The van der Waals surface area contributed by atoms with E-state index >= 15 is 0 Å². The molecule has 5 nitrogen and oxygen atoms in total. The van der Waals surface area contributed by atoms with Crippen LogP contribution in [0.5, 0.6) is 0 Å². The minimum absolute atomic E-state index is 0.0521. The van der Waals surface area contributed by atoms with Gasteiger partial charge in [0.25, 0.3) is 0 Å². The number of carbonyl (C=O) groups excluding carboxylic acids is 1. The van der Waals surface area contributed by atoms with Gasteiger partial charge in [-0.1, -0.05) is 0 Å². The Hall–Kier alpha value is -0.810. The van der Waals surface area contributed by atoms with Gasteiger partial charge >= 0.3 is 6.03 Å². The number of hydrogen-bond acceptors (Lipinski definition) is 3. The number of hydrogen-bond donors (Lipinski definition) is 2. The first-order valence-electron chi connectivity index (χ1n) is 3.58. The minimum Gasteiger partial charge on any atom is -0.381 e. The highest BCUT2D eigenvalue weighted by molar-refractivity contribution is 5.70. The van der Waals surface area contributed by atoms with Crippen molar-refractivity contribution in [2.45, 2.75) is 18.9 Å². The standard InChI is InChI=1S/C6H12N2O3/c7-6(9)8-11-5-1-3-10-4-2-5/h5H,1-4H2,(H3,7,8,9). The van der Waals surface area contributed by atoms with E-state index in [-0.39, 0.29) is 6.10 Å². The van der Waals surface area contributed by atoms with Crippen molar-refractivity contribution in [2.75, 3.05) is 13.2 Å². The fourth-order valence-electron chi connectivity index (χ4n) is 0.935. The van der Waals surface area contributed by atoms with Crippen molar-refractivity contribution >= 4 is 6.03 Å². The molecular formula is C6H12N2O3. The molecular weight excluding hydrogens is 148 g/mol. The van der Waals surface area contributed by atoms with Crippen molar-refractivity contribution in [3.8, 4) is 0 Å². The van der Waals surface area contributed by atoms with Gasteiger partial charge in [0, 0.05) is 13.2 Å². The Balaban J connectivity index is 2.09. The minimum atomic E-state index is -0.656. The van der Waals surface area contributed by atoms with Gasteiger partial charge in [0.2, 0.25) is 0 Å². The Morgan fingerprint density at radius 2 is 2.18 bits per heavy atom. The van der Waals surface area contributed by atoms with Gasteiger partial charge in [-0.05, 0) is 12.8 Å². The maximum absolute atomic E-state index is 10.2. The third-order valence-electron chi connectivity index (χ3n) is 1.49. The van der Waals surface area contributed by atoms with E-state index in [1.54, 1.807) is 0 Å². The van der Waals surface area contributed by atoms with E-state index in [0.29, 0.717) is 13.2 Å². The van der Waals surface area contributed by atoms with Crippen molar-refractivity contribution in [1.29, 1.82) is 0 Å². The van der Waals surface area contributed by atoms with Crippen LogP contribution in [0.25, 0.3) is 0 Å². The van der Waals surface area contributed by atoms with Crippen molar-refractivity contribution in [3.05, 3.63) is 0 Å². The molecule has 1 saturated heterocycles. The van der Waals surface area contributed by atoms with E-state index < -0.39 is 6.03 Å². The molecule has 0 aromatic heterocycles. The molecule has 5 heteroatoms. The van der Waals surface area contributed by atoms with E-state index in [4.69, 9.17) is 15.3 Å². The number of primary amides is 1. The highest BCUT2D eigenvalue weighted by Gasteiger charge is 2.14. The zero-order valence-electron chi connectivity index (χ0n) is 6.21. The van der Waals surface area contributed by atoms with Crippen LogP contribution in [0, 0.1) is 0 Å². The number of ether oxygens (including phenoxy) is 1. The van der Waals surface area contributed by atoms with E-state index in [0.717, 1.165) is 12.8 Å². The molecule has 2 amide bonds. The SMILES string of the molecule is NC(=O)NOC1CCOCC1. The van der Waals surface area contributed by atoms with Gasteiger partial charge in [0.1, 0.15) is 0 Å². The lowest BCUT2D eigenvalue weighted by Crippen LogP contribution is -2.36. The largest absolute Gasteiger partial charge is 0.381 e. The molecule has 0 aromatic rings. The first-order chi connectivity index (χ1) is 5.29. The lowest BCUT2D eigenvalue weighted by Gasteiger charge is -2.21. The Morgan fingerprint density at radius 3 is 2.73 bits per heavy atom. The van der Waals surface area contributed by atoms with Crippen molar-refractivity contribution in [2.24, 2.45) is 5.73 Å². The van der Waals surface area contributed by atoms with Gasteiger partial charge in [-0.15, -0.1) is 0 Å². The second-order valence-corrected chi connectivity index (χ2v) is 2.40. The number of rotatable bonds is 2. The number of nitrogens with two attached hydrogens (primary N) is 1. The van der Waals surface area contributed by atoms with Crippen LogP contribution in [0.15, 0.2) is 0 Å². The van der Waals surface area contributed by atoms with Crippen LogP contribution in [0.2, 0.25) is 0 Å². The fraction of sp³-hybridized carbons (Fsp3) is 0.833. The van der Waals surface area contributed by atoms with Crippen LogP contribution in [0.1, 0.15) is 12.8 Å². The fourth-order valence-corrected chi connectivity index (χ4v) is 0.935. The highest BCUT2D eigenvalue weighted by Crippen LogP contribution is 2.08. The monoisotopic (exact) mass is 160 g/mol. The molecule has 3 N–H and O–H groups in total. The van der Waals surface area contributed by atoms with Crippen LogP contribution in [-0.4, -0.2) is 25.3 Å². The average molecular weight is 160 g/mol. The number of urea groups is 1. The summed E-state index contributed by atoms with van der Waals surface area (Å²) in [6, 6.07) is -0.656. The van der Waals surface area contributed by atoms with Crippen molar-refractivity contribution in [3.63, 3.8) is 0 Å². The summed E-state index contributed by atoms with van der Waals surface area (Å²) < 4.78 is 5.08. The molecule has 1 aliphatic rings. The third kappa shape index (κ3) is 3.20. The molecule has 0 aromatic carbocycles. The number of nitrogens with one attached hydrogen (secondary N) is 1. The smallest absolute Gasteiger partial charge is 0.336 e. The van der Waals surface area contributed by atoms with Gasteiger partial charge in [0.15, 0.2) is 0 Å². The predicted octanol–water partition coefficient (Wildman–Crippen LogP) is -0.235. The molecule has 0 saturated carbocycles. The summed E-state index contributed by atoms with van der Waals surface area (Å²) in [5.41, 5.74) is 6.90. The summed E-state index contributed by atoms with van der Waals surface area (Å²) in [5, 5.41) is 0. The van der Waals surface area contributed by atoms with E-state index in [1.165, 1.54) is 0 Å². The van der Waals surface area contributed by atoms with Gasteiger partial charge < -0.3 is 10.5 Å². The topological polar surface area (TPSA) is 73.6 Å². The molecule has 1 rings (SSSR count). The lowest BCUT2D eigenvalue weighted by molar-refractivity contribution is -0.0624. The molecule has 0 radical (unpaired) electrons. The maximum Gasteiger partial charge on any atom is 0.336 e. The predicted molar refractivity (Wildman–Crippen MR) is 37.6 cm³/mol. The molecule has 0 spiro atoms. The summed E-state index contributed by atoms with van der Waals surface area (Å²) in [6.07, 6.45) is 1.66. The number of hydroxylamine groups is 1. The zero-order valence-corrected chi connectivity index (χ0v) is 6.21. The lowest BCUT2D eigenvalue weighted by atomic mass is 10.2. The Bertz CT molecular complexity index is 134.